The van der Waals surface area contributed by atoms with Crippen molar-refractivity contribution < 1.29 is 4.39 Å². The van der Waals surface area contributed by atoms with Gasteiger partial charge < -0.3 is 0 Å². The second-order valence-electron chi connectivity index (χ2n) is 4.00. The summed E-state index contributed by atoms with van der Waals surface area (Å²) in [7, 11) is 0.500. The Morgan fingerprint density at radius 3 is 2.39 bits per heavy atom. The van der Waals surface area contributed by atoms with Gasteiger partial charge in [0.05, 0.1) is 7.18 Å². The minimum atomic E-state index is 0.500. The SMILES string of the molecule is CF.Cc1ccc(/C=C/C2=CC=CC=CC2)cc1. The molecule has 0 atom stereocenters. The number of halogens is 1. The minimum absolute atomic E-state index is 0.500. The zero-order valence-corrected chi connectivity index (χ0v) is 10.9. The van der Waals surface area contributed by atoms with Crippen molar-refractivity contribution in [3.63, 3.8) is 0 Å². The summed E-state index contributed by atoms with van der Waals surface area (Å²) in [5.41, 5.74) is 3.89. The van der Waals surface area contributed by atoms with Crippen molar-refractivity contribution in [2.75, 3.05) is 7.18 Å². The number of hydrogen-bond donors (Lipinski definition) is 0. The first-order valence-corrected chi connectivity index (χ1v) is 5.99. The molecule has 1 aromatic carbocycles. The molecule has 0 radical (unpaired) electrons. The van der Waals surface area contributed by atoms with Crippen LogP contribution in [-0.2, 0) is 0 Å². The second kappa shape index (κ2) is 8.24. The molecule has 1 aromatic rings. The first-order valence-electron chi connectivity index (χ1n) is 5.99. The molecule has 0 N–H and O–H groups in total. The lowest BCUT2D eigenvalue weighted by Gasteiger charge is -1.97. The van der Waals surface area contributed by atoms with Crippen LogP contribution in [0.25, 0.3) is 6.08 Å². The molecule has 0 saturated carbocycles. The van der Waals surface area contributed by atoms with E-state index in [9.17, 15) is 4.39 Å². The number of aryl methyl sites for hydroxylation is 1. The molecule has 0 unspecified atom stereocenters. The van der Waals surface area contributed by atoms with Gasteiger partial charge in [-0.1, -0.05) is 72.4 Å². The van der Waals surface area contributed by atoms with Crippen molar-refractivity contribution in [2.45, 2.75) is 13.3 Å². The van der Waals surface area contributed by atoms with Gasteiger partial charge in [-0.05, 0) is 24.5 Å². The number of hydrogen-bond acceptors (Lipinski definition) is 0. The van der Waals surface area contributed by atoms with Crippen LogP contribution in [-0.4, -0.2) is 7.18 Å². The van der Waals surface area contributed by atoms with Gasteiger partial charge in [-0.25, -0.2) is 0 Å². The van der Waals surface area contributed by atoms with Gasteiger partial charge >= 0.3 is 0 Å². The smallest absolute Gasteiger partial charge is 0.0785 e. The summed E-state index contributed by atoms with van der Waals surface area (Å²) in [5, 5.41) is 0. The molecule has 2 rings (SSSR count). The molecule has 0 nitrogen and oxygen atoms in total. The van der Waals surface area contributed by atoms with Crippen LogP contribution in [0.4, 0.5) is 4.39 Å². The Bertz CT molecular complexity index is 459. The first-order chi connectivity index (χ1) is 8.84. The summed E-state index contributed by atoms with van der Waals surface area (Å²) >= 11 is 0. The highest BCUT2D eigenvalue weighted by molar-refractivity contribution is 5.54. The summed E-state index contributed by atoms with van der Waals surface area (Å²) < 4.78 is 9.50. The average Bonchev–Trinajstić information content (AvgIpc) is 2.69. The van der Waals surface area contributed by atoms with E-state index in [1.165, 1.54) is 16.7 Å². The molecule has 0 spiro atoms. The van der Waals surface area contributed by atoms with Gasteiger partial charge in [-0.3, -0.25) is 4.39 Å². The Hall–Kier alpha value is -1.89. The maximum atomic E-state index is 9.50. The van der Waals surface area contributed by atoms with E-state index in [-0.39, 0.29) is 0 Å². The third-order valence-electron chi connectivity index (χ3n) is 2.59. The molecule has 0 aliphatic heterocycles. The molecule has 0 saturated heterocycles. The topological polar surface area (TPSA) is 0 Å². The predicted octanol–water partition coefficient (Wildman–Crippen LogP) is 5.04. The highest BCUT2D eigenvalue weighted by Crippen LogP contribution is 2.12. The Labute approximate surface area is 109 Å². The van der Waals surface area contributed by atoms with E-state index >= 15 is 0 Å². The maximum absolute atomic E-state index is 9.50. The van der Waals surface area contributed by atoms with Crippen LogP contribution >= 0.6 is 0 Å². The van der Waals surface area contributed by atoms with Gasteiger partial charge in [0.15, 0.2) is 0 Å². The van der Waals surface area contributed by atoms with Gasteiger partial charge in [0, 0.05) is 0 Å². The van der Waals surface area contributed by atoms with E-state index in [1.54, 1.807) is 0 Å². The van der Waals surface area contributed by atoms with E-state index in [0.29, 0.717) is 7.18 Å². The Kier molecular flexibility index (Phi) is 6.49. The molecular weight excluding hydrogens is 223 g/mol. The summed E-state index contributed by atoms with van der Waals surface area (Å²) in [6.45, 7) is 2.11. The minimum Gasteiger partial charge on any atom is -0.255 e. The second-order valence-corrected chi connectivity index (χ2v) is 4.00. The molecule has 0 fully saturated rings. The molecule has 0 aromatic heterocycles. The van der Waals surface area contributed by atoms with Crippen LogP contribution in [0.3, 0.4) is 0 Å². The lowest BCUT2D eigenvalue weighted by atomic mass is 10.1. The van der Waals surface area contributed by atoms with Crippen LogP contribution < -0.4 is 0 Å². The molecular formula is C17H19F. The van der Waals surface area contributed by atoms with Crippen LogP contribution in [0, 0.1) is 6.92 Å². The lowest BCUT2D eigenvalue weighted by molar-refractivity contribution is 0.636. The standard InChI is InChI=1S/C16H16.CH3F/c1-14-8-10-16(11-9-14)13-12-15-6-4-2-3-5-7-15;1-2/h2-6,8-13H,7H2,1H3;1H3/b13-12+;. The number of alkyl halides is 1. The molecule has 18 heavy (non-hydrogen) atoms. The van der Waals surface area contributed by atoms with Gasteiger partial charge in [-0.2, -0.15) is 0 Å². The van der Waals surface area contributed by atoms with E-state index in [1.807, 2.05) is 0 Å². The highest BCUT2D eigenvalue weighted by Gasteiger charge is 1.91. The zero-order chi connectivity index (χ0) is 13.2. The van der Waals surface area contributed by atoms with Crippen LogP contribution in [0.1, 0.15) is 17.5 Å². The largest absolute Gasteiger partial charge is 0.255 e. The fourth-order valence-corrected chi connectivity index (χ4v) is 1.60. The van der Waals surface area contributed by atoms with Gasteiger partial charge in [-0.15, -0.1) is 0 Å². The fraction of sp³-hybridized carbons (Fsp3) is 0.176. The van der Waals surface area contributed by atoms with Gasteiger partial charge in [0.1, 0.15) is 0 Å². The Morgan fingerprint density at radius 1 is 0.944 bits per heavy atom. The normalized spacial score (nSPS) is 13.8. The summed E-state index contributed by atoms with van der Waals surface area (Å²) in [4.78, 5) is 0. The third kappa shape index (κ3) is 4.96. The Balaban J connectivity index is 0.000000771. The monoisotopic (exact) mass is 242 g/mol. The summed E-state index contributed by atoms with van der Waals surface area (Å²) in [6, 6.07) is 8.57. The van der Waals surface area contributed by atoms with E-state index in [2.05, 4.69) is 73.7 Å². The number of benzene rings is 1. The Morgan fingerprint density at radius 2 is 1.67 bits per heavy atom. The number of allylic oxidation sites excluding steroid dienone is 7. The molecule has 1 heteroatoms. The molecule has 1 aliphatic carbocycles. The molecule has 1 aliphatic rings. The van der Waals surface area contributed by atoms with E-state index in [4.69, 9.17) is 0 Å². The van der Waals surface area contributed by atoms with Crippen molar-refractivity contribution in [3.05, 3.63) is 77.4 Å². The van der Waals surface area contributed by atoms with E-state index < -0.39 is 0 Å². The van der Waals surface area contributed by atoms with Crippen molar-refractivity contribution in [3.8, 4) is 0 Å². The van der Waals surface area contributed by atoms with Crippen molar-refractivity contribution in [1.82, 2.24) is 0 Å². The van der Waals surface area contributed by atoms with Crippen molar-refractivity contribution in [1.29, 1.82) is 0 Å². The molecule has 0 amide bonds. The van der Waals surface area contributed by atoms with Crippen LogP contribution in [0.15, 0.2) is 66.3 Å². The van der Waals surface area contributed by atoms with E-state index in [0.717, 1.165) is 6.42 Å². The predicted molar refractivity (Wildman–Crippen MR) is 78.2 cm³/mol. The first kappa shape index (κ1) is 14.2. The zero-order valence-electron chi connectivity index (χ0n) is 10.9. The molecule has 0 heterocycles. The van der Waals surface area contributed by atoms with Crippen molar-refractivity contribution >= 4 is 6.08 Å². The summed E-state index contributed by atoms with van der Waals surface area (Å²) in [5.74, 6) is 0. The molecule has 0 bridgehead atoms. The average molecular weight is 242 g/mol. The fourth-order valence-electron chi connectivity index (χ4n) is 1.60. The third-order valence-corrected chi connectivity index (χ3v) is 2.59. The maximum Gasteiger partial charge on any atom is 0.0785 e. The van der Waals surface area contributed by atoms with Crippen LogP contribution in [0.5, 0.6) is 0 Å². The molecule has 94 valence electrons. The van der Waals surface area contributed by atoms with Crippen molar-refractivity contribution in [2.24, 2.45) is 0 Å². The van der Waals surface area contributed by atoms with Crippen LogP contribution in [0.2, 0.25) is 0 Å². The van der Waals surface area contributed by atoms with Gasteiger partial charge in [0.25, 0.3) is 0 Å². The lowest BCUT2D eigenvalue weighted by Crippen LogP contribution is -1.76. The quantitative estimate of drug-likeness (QED) is 0.681. The van der Waals surface area contributed by atoms with Gasteiger partial charge in [0.2, 0.25) is 0 Å². The summed E-state index contributed by atoms with van der Waals surface area (Å²) in [6.07, 6.45) is 15.9. The number of rotatable bonds is 2. The highest BCUT2D eigenvalue weighted by atomic mass is 19.1.